The minimum Gasteiger partial charge on any atom is -0.493 e. The van der Waals surface area contributed by atoms with Crippen molar-refractivity contribution in [2.45, 2.75) is 58.2 Å². The average Bonchev–Trinajstić information content (AvgIpc) is 2.52. The first-order chi connectivity index (χ1) is 10.2. The van der Waals surface area contributed by atoms with Crippen molar-refractivity contribution in [2.75, 3.05) is 6.61 Å². The molecule has 1 heterocycles. The Morgan fingerprint density at radius 3 is 2.76 bits per heavy atom. The fraction of sp³-hybridized carbons (Fsp3) is 0.588. The van der Waals surface area contributed by atoms with E-state index in [1.165, 1.54) is 0 Å². The second-order valence-electron chi connectivity index (χ2n) is 5.64. The molecule has 0 saturated heterocycles. The van der Waals surface area contributed by atoms with Crippen molar-refractivity contribution in [3.05, 3.63) is 29.8 Å². The molecule has 0 radical (unpaired) electrons. The average molecular weight is 290 g/mol. The first-order valence-electron chi connectivity index (χ1n) is 7.93. The van der Waals surface area contributed by atoms with Gasteiger partial charge in [-0.2, -0.15) is 0 Å². The fourth-order valence-electron chi connectivity index (χ4n) is 2.71. The summed E-state index contributed by atoms with van der Waals surface area (Å²) >= 11 is 0. The number of para-hydroxylation sites is 1. The second kappa shape index (κ2) is 7.46. The van der Waals surface area contributed by atoms with Gasteiger partial charge in [-0.05, 0) is 25.8 Å². The molecule has 2 rings (SSSR count). The number of fused-ring (bicyclic) bond motifs is 1. The number of hydrogen-bond acceptors (Lipinski definition) is 3. The summed E-state index contributed by atoms with van der Waals surface area (Å²) in [4.78, 5) is 12.3. The van der Waals surface area contributed by atoms with Gasteiger partial charge in [0.05, 0.1) is 12.6 Å². The number of carbonyl (C=O) groups is 1. The van der Waals surface area contributed by atoms with Crippen molar-refractivity contribution < 1.29 is 9.53 Å². The van der Waals surface area contributed by atoms with E-state index in [1.54, 1.807) is 0 Å². The van der Waals surface area contributed by atoms with Gasteiger partial charge in [0, 0.05) is 24.1 Å². The summed E-state index contributed by atoms with van der Waals surface area (Å²) in [6, 6.07) is 8.28. The number of hydrogen-bond donors (Lipinski definition) is 2. The van der Waals surface area contributed by atoms with E-state index >= 15 is 0 Å². The highest BCUT2D eigenvalue weighted by Gasteiger charge is 2.25. The zero-order chi connectivity index (χ0) is 15.2. The van der Waals surface area contributed by atoms with Crippen LogP contribution in [0.1, 0.15) is 51.6 Å². The van der Waals surface area contributed by atoms with Crippen LogP contribution in [0.25, 0.3) is 0 Å². The van der Waals surface area contributed by atoms with Crippen LogP contribution in [0.2, 0.25) is 0 Å². The molecule has 1 amide bonds. The number of carbonyl (C=O) groups excluding carboxylic acids is 1. The van der Waals surface area contributed by atoms with Crippen molar-refractivity contribution in [3.63, 3.8) is 0 Å². The molecule has 1 aromatic rings. The second-order valence-corrected chi connectivity index (χ2v) is 5.64. The van der Waals surface area contributed by atoms with Crippen molar-refractivity contribution in [3.8, 4) is 5.75 Å². The number of nitrogens with one attached hydrogen (secondary N) is 2. The Hall–Kier alpha value is -1.55. The molecule has 2 unspecified atom stereocenters. The summed E-state index contributed by atoms with van der Waals surface area (Å²) in [6.07, 6.45) is 2.82. The molecule has 0 aromatic heterocycles. The third-order valence-corrected chi connectivity index (χ3v) is 4.13. The number of ether oxygens (including phenoxy) is 1. The van der Waals surface area contributed by atoms with Crippen molar-refractivity contribution in [1.29, 1.82) is 0 Å². The largest absolute Gasteiger partial charge is 0.493 e. The molecule has 0 bridgehead atoms. The highest BCUT2D eigenvalue weighted by atomic mass is 16.5. The minimum absolute atomic E-state index is 0.0765. The summed E-state index contributed by atoms with van der Waals surface area (Å²) in [5.41, 5.74) is 1.14. The predicted molar refractivity (Wildman–Crippen MR) is 84.4 cm³/mol. The molecule has 2 N–H and O–H groups in total. The lowest BCUT2D eigenvalue weighted by Crippen LogP contribution is -2.47. The Kier molecular flexibility index (Phi) is 5.62. The van der Waals surface area contributed by atoms with Gasteiger partial charge in [0.25, 0.3) is 0 Å². The molecule has 116 valence electrons. The van der Waals surface area contributed by atoms with E-state index < -0.39 is 0 Å². The molecule has 21 heavy (non-hydrogen) atoms. The van der Waals surface area contributed by atoms with Gasteiger partial charge >= 0.3 is 0 Å². The monoisotopic (exact) mass is 290 g/mol. The Bertz CT molecular complexity index is 472. The number of rotatable bonds is 6. The van der Waals surface area contributed by atoms with Crippen LogP contribution in [0.15, 0.2) is 24.3 Å². The third-order valence-electron chi connectivity index (χ3n) is 4.13. The maximum absolute atomic E-state index is 12.3. The Morgan fingerprint density at radius 1 is 1.33 bits per heavy atom. The highest BCUT2D eigenvalue weighted by Crippen LogP contribution is 2.31. The molecule has 0 spiro atoms. The minimum atomic E-state index is -0.207. The first kappa shape index (κ1) is 15.8. The van der Waals surface area contributed by atoms with Crippen molar-refractivity contribution in [2.24, 2.45) is 0 Å². The van der Waals surface area contributed by atoms with E-state index in [1.807, 2.05) is 25.1 Å². The van der Waals surface area contributed by atoms with Crippen LogP contribution in [0, 0.1) is 0 Å². The number of benzene rings is 1. The molecule has 0 fully saturated rings. The summed E-state index contributed by atoms with van der Waals surface area (Å²) in [6.45, 7) is 6.81. The molecular formula is C17H26N2O2. The first-order valence-corrected chi connectivity index (χ1v) is 7.93. The molecule has 0 aliphatic carbocycles. The SMILES string of the molecule is CCC(CC)NC(=O)C(C)NC1CCOc2ccccc21. The van der Waals surface area contributed by atoms with E-state index in [2.05, 4.69) is 30.5 Å². The molecule has 1 aromatic carbocycles. The summed E-state index contributed by atoms with van der Waals surface area (Å²) in [7, 11) is 0. The molecule has 4 heteroatoms. The van der Waals surface area contributed by atoms with E-state index in [0.717, 1.165) is 30.6 Å². The maximum Gasteiger partial charge on any atom is 0.237 e. The van der Waals surface area contributed by atoms with Crippen LogP contribution in [0.4, 0.5) is 0 Å². The van der Waals surface area contributed by atoms with Gasteiger partial charge in [-0.1, -0.05) is 32.0 Å². The Morgan fingerprint density at radius 2 is 2.05 bits per heavy atom. The van der Waals surface area contributed by atoms with Crippen LogP contribution < -0.4 is 15.4 Å². The van der Waals surface area contributed by atoms with Crippen molar-refractivity contribution in [1.82, 2.24) is 10.6 Å². The van der Waals surface area contributed by atoms with Gasteiger partial charge < -0.3 is 10.1 Å². The van der Waals surface area contributed by atoms with Crippen LogP contribution >= 0.6 is 0 Å². The van der Waals surface area contributed by atoms with Crippen LogP contribution in [0.3, 0.4) is 0 Å². The van der Waals surface area contributed by atoms with Gasteiger partial charge in [-0.25, -0.2) is 0 Å². The topological polar surface area (TPSA) is 50.4 Å². The standard InChI is InChI=1S/C17H26N2O2/c1-4-13(5-2)19-17(20)12(3)18-15-10-11-21-16-9-7-6-8-14(15)16/h6-9,12-13,15,18H,4-5,10-11H2,1-3H3,(H,19,20). The normalized spacial score (nSPS) is 18.8. The molecule has 1 aliphatic rings. The van der Waals surface area contributed by atoms with Crippen LogP contribution in [-0.2, 0) is 4.79 Å². The third kappa shape index (κ3) is 3.97. The van der Waals surface area contributed by atoms with Gasteiger partial charge in [-0.3, -0.25) is 10.1 Å². The van der Waals surface area contributed by atoms with Crippen molar-refractivity contribution >= 4 is 5.91 Å². The predicted octanol–water partition coefficient (Wildman–Crippen LogP) is 2.79. The quantitative estimate of drug-likeness (QED) is 0.847. The number of amides is 1. The summed E-state index contributed by atoms with van der Waals surface area (Å²) in [5.74, 6) is 1.00. The molecular weight excluding hydrogens is 264 g/mol. The zero-order valence-electron chi connectivity index (χ0n) is 13.2. The lowest BCUT2D eigenvalue weighted by Gasteiger charge is -2.29. The lowest BCUT2D eigenvalue weighted by atomic mass is 9.99. The maximum atomic E-state index is 12.3. The molecule has 2 atom stereocenters. The highest BCUT2D eigenvalue weighted by molar-refractivity contribution is 5.81. The molecule has 0 saturated carbocycles. The molecule has 4 nitrogen and oxygen atoms in total. The van der Waals surface area contributed by atoms with E-state index in [0.29, 0.717) is 6.61 Å². The smallest absolute Gasteiger partial charge is 0.237 e. The summed E-state index contributed by atoms with van der Waals surface area (Å²) in [5, 5.41) is 6.53. The summed E-state index contributed by atoms with van der Waals surface area (Å²) < 4.78 is 5.65. The van der Waals surface area contributed by atoms with Gasteiger partial charge in [0.15, 0.2) is 0 Å². The van der Waals surface area contributed by atoms with Crippen LogP contribution in [-0.4, -0.2) is 24.6 Å². The van der Waals surface area contributed by atoms with Gasteiger partial charge in [0.1, 0.15) is 5.75 Å². The lowest BCUT2D eigenvalue weighted by molar-refractivity contribution is -0.123. The van der Waals surface area contributed by atoms with E-state index in [4.69, 9.17) is 4.74 Å². The Labute approximate surface area is 127 Å². The fourth-order valence-corrected chi connectivity index (χ4v) is 2.71. The Balaban J connectivity index is 1.97. The van der Waals surface area contributed by atoms with E-state index in [-0.39, 0.29) is 24.0 Å². The van der Waals surface area contributed by atoms with E-state index in [9.17, 15) is 4.79 Å². The zero-order valence-corrected chi connectivity index (χ0v) is 13.2. The molecule has 1 aliphatic heterocycles. The van der Waals surface area contributed by atoms with Gasteiger partial charge in [0.2, 0.25) is 5.91 Å². The van der Waals surface area contributed by atoms with Gasteiger partial charge in [-0.15, -0.1) is 0 Å². The van der Waals surface area contributed by atoms with Crippen LogP contribution in [0.5, 0.6) is 5.75 Å².